The van der Waals surface area contributed by atoms with Crippen LogP contribution in [0, 0.1) is 6.92 Å². The fraction of sp³-hybridized carbons (Fsp3) is 0.176. The molecule has 1 aromatic carbocycles. The minimum atomic E-state index is -0.923. The molecule has 1 aromatic heterocycles. The van der Waals surface area contributed by atoms with Gasteiger partial charge in [-0.1, -0.05) is 18.2 Å². The summed E-state index contributed by atoms with van der Waals surface area (Å²) in [4.78, 5) is 16.2. The van der Waals surface area contributed by atoms with Crippen LogP contribution < -0.4 is 5.32 Å². The molecule has 0 unspecified atom stereocenters. The zero-order valence-electron chi connectivity index (χ0n) is 12.8. The summed E-state index contributed by atoms with van der Waals surface area (Å²) in [7, 11) is 0. The van der Waals surface area contributed by atoms with Gasteiger partial charge in [0.05, 0.1) is 0 Å². The number of allylic oxidation sites excluding steroid dienone is 1. The van der Waals surface area contributed by atoms with Gasteiger partial charge in [-0.05, 0) is 37.1 Å². The first-order valence-corrected chi connectivity index (χ1v) is 7.97. The Balaban J connectivity index is 2.00. The van der Waals surface area contributed by atoms with Gasteiger partial charge >= 0.3 is 5.97 Å². The lowest BCUT2D eigenvalue weighted by Crippen LogP contribution is -2.26. The molecule has 2 heterocycles. The van der Waals surface area contributed by atoms with Crippen molar-refractivity contribution >= 4 is 33.8 Å². The topological polar surface area (TPSA) is 81.9 Å². The third-order valence-corrected chi connectivity index (χ3v) is 4.88. The van der Waals surface area contributed by atoms with E-state index in [4.69, 9.17) is 0 Å². The Hall–Kier alpha value is -2.60. The van der Waals surface area contributed by atoms with E-state index in [9.17, 15) is 15.0 Å². The first-order chi connectivity index (χ1) is 11.0. The number of benzene rings is 1. The second-order valence-corrected chi connectivity index (χ2v) is 6.27. The van der Waals surface area contributed by atoms with Crippen LogP contribution in [-0.2, 0) is 6.42 Å². The van der Waals surface area contributed by atoms with Gasteiger partial charge in [0.25, 0.3) is 0 Å². The number of amidine groups is 1. The number of rotatable bonds is 3. The van der Waals surface area contributed by atoms with Crippen LogP contribution in [0.4, 0.5) is 5.00 Å². The lowest BCUT2D eigenvalue weighted by Gasteiger charge is -2.19. The molecule has 0 saturated carbocycles. The molecule has 0 aliphatic carbocycles. The lowest BCUT2D eigenvalue weighted by molar-refractivity contribution is 0.0701. The summed E-state index contributed by atoms with van der Waals surface area (Å²) in [5.74, 6) is 0.0609. The number of fused-ring (bicyclic) bond motifs is 1. The van der Waals surface area contributed by atoms with Crippen molar-refractivity contribution in [3.05, 3.63) is 51.9 Å². The molecule has 0 bridgehead atoms. The molecule has 118 valence electrons. The van der Waals surface area contributed by atoms with Crippen LogP contribution >= 0.6 is 11.3 Å². The average Bonchev–Trinajstić information content (AvgIpc) is 2.86. The van der Waals surface area contributed by atoms with E-state index >= 15 is 0 Å². The van der Waals surface area contributed by atoms with Gasteiger partial charge in [0, 0.05) is 17.7 Å². The molecule has 0 fully saturated rings. The molecule has 1 aliphatic rings. The first kappa shape index (κ1) is 15.3. The highest BCUT2D eigenvalue weighted by Gasteiger charge is 2.25. The SMILES string of the molecule is C/C=C1/NC(Cc2ccc(O)cc2)=Nc2sc(C(=O)O)c(C)c21. The third kappa shape index (κ3) is 2.85. The van der Waals surface area contributed by atoms with Crippen molar-refractivity contribution in [2.24, 2.45) is 4.99 Å². The van der Waals surface area contributed by atoms with Crippen molar-refractivity contribution in [2.75, 3.05) is 0 Å². The number of nitrogens with one attached hydrogen (secondary N) is 1. The van der Waals surface area contributed by atoms with Crippen molar-refractivity contribution in [1.29, 1.82) is 0 Å². The number of carbonyl (C=O) groups is 1. The Bertz CT molecular complexity index is 832. The number of nitrogens with zero attached hydrogens (tertiary/aromatic N) is 1. The summed E-state index contributed by atoms with van der Waals surface area (Å²) in [6.45, 7) is 3.72. The smallest absolute Gasteiger partial charge is 0.346 e. The summed E-state index contributed by atoms with van der Waals surface area (Å²) in [5, 5.41) is 22.6. The van der Waals surface area contributed by atoms with Crippen LogP contribution in [0.25, 0.3) is 5.70 Å². The highest BCUT2D eigenvalue weighted by atomic mass is 32.1. The maximum atomic E-state index is 11.3. The average molecular weight is 328 g/mol. The molecule has 0 saturated heterocycles. The summed E-state index contributed by atoms with van der Waals surface area (Å²) in [5.41, 5.74) is 3.50. The summed E-state index contributed by atoms with van der Waals surface area (Å²) >= 11 is 1.20. The van der Waals surface area contributed by atoms with E-state index < -0.39 is 5.97 Å². The number of aliphatic imine (C=N–C) groups is 1. The van der Waals surface area contributed by atoms with Crippen LogP contribution in [0.5, 0.6) is 5.75 Å². The Morgan fingerprint density at radius 1 is 1.35 bits per heavy atom. The highest BCUT2D eigenvalue weighted by molar-refractivity contribution is 7.18. The van der Waals surface area contributed by atoms with Crippen molar-refractivity contribution in [1.82, 2.24) is 5.32 Å². The summed E-state index contributed by atoms with van der Waals surface area (Å²) in [6.07, 6.45) is 2.51. The van der Waals surface area contributed by atoms with Gasteiger partial charge in [0.1, 0.15) is 21.5 Å². The number of phenolic OH excluding ortho intramolecular Hbond substituents is 1. The second-order valence-electron chi connectivity index (χ2n) is 5.27. The van der Waals surface area contributed by atoms with Crippen LogP contribution in [-0.4, -0.2) is 22.0 Å². The van der Waals surface area contributed by atoms with Gasteiger partial charge in [0.15, 0.2) is 0 Å². The van der Waals surface area contributed by atoms with Crippen molar-refractivity contribution in [2.45, 2.75) is 20.3 Å². The molecule has 0 amide bonds. The summed E-state index contributed by atoms with van der Waals surface area (Å²) < 4.78 is 0. The van der Waals surface area contributed by atoms with Gasteiger partial charge in [-0.2, -0.15) is 0 Å². The Morgan fingerprint density at radius 3 is 2.65 bits per heavy atom. The quantitative estimate of drug-likeness (QED) is 0.802. The van der Waals surface area contributed by atoms with Crippen LogP contribution in [0.2, 0.25) is 0 Å². The molecule has 0 atom stereocenters. The number of aromatic carboxylic acids is 1. The normalized spacial score (nSPS) is 15.0. The van der Waals surface area contributed by atoms with Crippen molar-refractivity contribution in [3.8, 4) is 5.75 Å². The number of thiophene rings is 1. The number of carboxylic acids is 1. The van der Waals surface area contributed by atoms with E-state index in [1.807, 2.05) is 32.1 Å². The van der Waals surface area contributed by atoms with E-state index in [1.165, 1.54) is 11.3 Å². The van der Waals surface area contributed by atoms with Crippen molar-refractivity contribution in [3.63, 3.8) is 0 Å². The molecular weight excluding hydrogens is 312 g/mol. The molecule has 3 N–H and O–H groups in total. The number of aromatic hydroxyl groups is 1. The molecule has 23 heavy (non-hydrogen) atoms. The molecule has 3 rings (SSSR count). The number of carboxylic acid groups (broad SMARTS) is 1. The van der Waals surface area contributed by atoms with Gasteiger partial charge in [-0.25, -0.2) is 9.79 Å². The Morgan fingerprint density at radius 2 is 2.04 bits per heavy atom. The molecule has 1 aliphatic heterocycles. The van der Waals surface area contributed by atoms with Crippen LogP contribution in [0.1, 0.15) is 33.3 Å². The summed E-state index contributed by atoms with van der Waals surface area (Å²) in [6, 6.07) is 6.95. The molecule has 5 nitrogen and oxygen atoms in total. The lowest BCUT2D eigenvalue weighted by atomic mass is 10.1. The first-order valence-electron chi connectivity index (χ1n) is 7.15. The molecule has 0 radical (unpaired) electrons. The molecule has 0 spiro atoms. The minimum absolute atomic E-state index is 0.226. The Kier molecular flexibility index (Phi) is 3.92. The Labute approximate surface area is 137 Å². The van der Waals surface area contributed by atoms with Gasteiger partial charge in [-0.3, -0.25) is 0 Å². The maximum absolute atomic E-state index is 11.3. The molecular formula is C17H16N2O3S. The molecule has 2 aromatic rings. The minimum Gasteiger partial charge on any atom is -0.508 e. The second kappa shape index (κ2) is 5.89. The van der Waals surface area contributed by atoms with Crippen LogP contribution in [0.3, 0.4) is 0 Å². The molecule has 6 heteroatoms. The standard InChI is InChI=1S/C17H16N2O3S/c1-3-12-14-9(2)15(17(21)22)23-16(14)19-13(18-12)8-10-4-6-11(20)7-5-10/h3-7,20H,8H2,1-2H3,(H,18,19)(H,21,22)/b12-3+. The van der Waals surface area contributed by atoms with E-state index in [0.29, 0.717) is 11.3 Å². The maximum Gasteiger partial charge on any atom is 0.346 e. The number of hydrogen-bond acceptors (Lipinski definition) is 5. The monoisotopic (exact) mass is 328 g/mol. The predicted octanol–water partition coefficient (Wildman–Crippen LogP) is 3.70. The zero-order valence-corrected chi connectivity index (χ0v) is 13.6. The highest BCUT2D eigenvalue weighted by Crippen LogP contribution is 2.41. The number of hydrogen-bond donors (Lipinski definition) is 3. The largest absolute Gasteiger partial charge is 0.508 e. The van der Waals surface area contributed by atoms with Crippen molar-refractivity contribution < 1.29 is 15.0 Å². The fourth-order valence-corrected chi connectivity index (χ4v) is 3.63. The fourth-order valence-electron chi connectivity index (χ4n) is 2.57. The van der Waals surface area contributed by atoms with E-state index in [2.05, 4.69) is 10.3 Å². The van der Waals surface area contributed by atoms with E-state index in [1.54, 1.807) is 12.1 Å². The predicted molar refractivity (Wildman–Crippen MR) is 91.7 cm³/mol. The zero-order chi connectivity index (χ0) is 16.6. The van der Waals surface area contributed by atoms with Gasteiger partial charge < -0.3 is 15.5 Å². The van der Waals surface area contributed by atoms with Crippen LogP contribution in [0.15, 0.2) is 35.3 Å². The number of phenols is 1. The van der Waals surface area contributed by atoms with E-state index in [-0.39, 0.29) is 5.75 Å². The van der Waals surface area contributed by atoms with E-state index in [0.717, 1.165) is 33.2 Å². The third-order valence-electron chi connectivity index (χ3n) is 3.70. The van der Waals surface area contributed by atoms with Gasteiger partial charge in [0.2, 0.25) is 0 Å². The van der Waals surface area contributed by atoms with Gasteiger partial charge in [-0.15, -0.1) is 11.3 Å².